The molecule has 1 aromatic rings. The predicted octanol–water partition coefficient (Wildman–Crippen LogP) is 1.52. The Morgan fingerprint density at radius 1 is 1.15 bits per heavy atom. The van der Waals surface area contributed by atoms with Crippen molar-refractivity contribution < 1.29 is 33.6 Å². The van der Waals surface area contributed by atoms with Crippen molar-refractivity contribution in [3.8, 4) is 0 Å². The Morgan fingerprint density at radius 3 is 2.58 bits per heavy atom. The molecule has 4 rings (SSSR count). The lowest BCUT2D eigenvalue weighted by atomic mass is 9.94. The number of benzene rings is 1. The Kier molecular flexibility index (Phi) is 7.85. The van der Waals surface area contributed by atoms with E-state index in [1.807, 2.05) is 44.2 Å². The molecule has 2 aliphatic heterocycles. The topological polar surface area (TPSA) is 115 Å². The quantitative estimate of drug-likeness (QED) is 0.477. The van der Waals surface area contributed by atoms with Gasteiger partial charge in [0.05, 0.1) is 31.3 Å². The average Bonchev–Trinajstić information content (AvgIpc) is 3.57. The zero-order valence-electron chi connectivity index (χ0n) is 19.1. The lowest BCUT2D eigenvalue weighted by molar-refractivity contribution is -0.243. The van der Waals surface area contributed by atoms with E-state index in [0.29, 0.717) is 19.6 Å². The molecule has 1 saturated carbocycles. The molecular weight excluding hydrogens is 428 g/mol. The second-order valence-electron chi connectivity index (χ2n) is 9.30. The molecule has 1 unspecified atom stereocenters. The Morgan fingerprint density at radius 2 is 1.91 bits per heavy atom. The number of ether oxygens (including phenoxy) is 4. The molecule has 6 atom stereocenters. The molecule has 2 amide bonds. The first kappa shape index (κ1) is 23.9. The summed E-state index contributed by atoms with van der Waals surface area (Å²) in [4.78, 5) is 24.4. The molecule has 0 radical (unpaired) electrons. The molecule has 3 N–H and O–H groups in total. The van der Waals surface area contributed by atoms with Gasteiger partial charge in [0.15, 0.2) is 6.10 Å². The third kappa shape index (κ3) is 6.23. The number of rotatable bonds is 9. The standard InChI is InChI=1S/C24H34N2O7/c1-14(2)26-24(29)25-11-17-10-18-20(31-17)22(30-13-15-6-4-3-5-7-15)21(19(12-27)32-18)33-23(28)16-8-9-16/h3-7,14,16-22,27H,8-13H2,1-2H3,(H2,25,26,29)/t17?,18-,19-,20+,21-,22-/m1/s1. The number of nitrogens with one attached hydrogen (secondary N) is 2. The number of hydrogen-bond acceptors (Lipinski definition) is 7. The van der Waals surface area contributed by atoms with Crippen LogP contribution >= 0.6 is 0 Å². The minimum Gasteiger partial charge on any atom is -0.456 e. The number of fused-ring (bicyclic) bond motifs is 1. The maximum absolute atomic E-state index is 12.5. The van der Waals surface area contributed by atoms with Gasteiger partial charge in [0.25, 0.3) is 0 Å². The summed E-state index contributed by atoms with van der Waals surface area (Å²) in [6, 6.07) is 9.49. The van der Waals surface area contributed by atoms with Crippen LogP contribution < -0.4 is 10.6 Å². The summed E-state index contributed by atoms with van der Waals surface area (Å²) in [5.74, 6) is -0.367. The van der Waals surface area contributed by atoms with Gasteiger partial charge in [-0.05, 0) is 32.3 Å². The van der Waals surface area contributed by atoms with E-state index in [4.69, 9.17) is 18.9 Å². The van der Waals surface area contributed by atoms with E-state index < -0.39 is 24.4 Å². The lowest BCUT2D eigenvalue weighted by Crippen LogP contribution is -2.59. The number of esters is 1. The predicted molar refractivity (Wildman–Crippen MR) is 118 cm³/mol. The van der Waals surface area contributed by atoms with E-state index in [0.717, 1.165) is 18.4 Å². The maximum atomic E-state index is 12.5. The van der Waals surface area contributed by atoms with Crippen molar-refractivity contribution in [2.45, 2.75) is 82.4 Å². The molecule has 2 saturated heterocycles. The first-order chi connectivity index (χ1) is 15.9. The van der Waals surface area contributed by atoms with Crippen LogP contribution in [0.15, 0.2) is 30.3 Å². The van der Waals surface area contributed by atoms with Crippen molar-refractivity contribution in [3.63, 3.8) is 0 Å². The van der Waals surface area contributed by atoms with E-state index in [1.165, 1.54) is 0 Å². The number of carbonyl (C=O) groups is 2. The lowest BCUT2D eigenvalue weighted by Gasteiger charge is -2.42. The molecule has 3 fully saturated rings. The molecule has 9 nitrogen and oxygen atoms in total. The van der Waals surface area contributed by atoms with Crippen molar-refractivity contribution in [1.29, 1.82) is 0 Å². The van der Waals surface area contributed by atoms with Gasteiger partial charge in [0, 0.05) is 19.0 Å². The molecule has 1 aromatic carbocycles. The van der Waals surface area contributed by atoms with Crippen LogP contribution in [0, 0.1) is 5.92 Å². The number of aliphatic hydroxyl groups is 1. The van der Waals surface area contributed by atoms with Crippen LogP contribution in [0.4, 0.5) is 4.79 Å². The van der Waals surface area contributed by atoms with Crippen LogP contribution in [0.25, 0.3) is 0 Å². The minimum absolute atomic E-state index is 0.0309. The summed E-state index contributed by atoms with van der Waals surface area (Å²) >= 11 is 0. The summed E-state index contributed by atoms with van der Waals surface area (Å²) in [6.07, 6.45) is -0.986. The normalized spacial score (nSPS) is 31.2. The Bertz CT molecular complexity index is 801. The fraction of sp³-hybridized carbons (Fsp3) is 0.667. The van der Waals surface area contributed by atoms with Crippen molar-refractivity contribution in [2.75, 3.05) is 13.2 Å². The zero-order valence-corrected chi connectivity index (χ0v) is 19.1. The van der Waals surface area contributed by atoms with E-state index in [-0.39, 0.29) is 42.8 Å². The van der Waals surface area contributed by atoms with Gasteiger partial charge in [-0.3, -0.25) is 4.79 Å². The molecule has 0 bridgehead atoms. The van der Waals surface area contributed by atoms with Crippen molar-refractivity contribution >= 4 is 12.0 Å². The maximum Gasteiger partial charge on any atom is 0.315 e. The van der Waals surface area contributed by atoms with E-state index in [2.05, 4.69) is 10.6 Å². The number of carbonyl (C=O) groups excluding carboxylic acids is 2. The first-order valence-electron chi connectivity index (χ1n) is 11.8. The molecular formula is C24H34N2O7. The Balaban J connectivity index is 1.45. The summed E-state index contributed by atoms with van der Waals surface area (Å²) < 4.78 is 24.4. The Hall–Kier alpha value is -2.20. The fourth-order valence-electron chi connectivity index (χ4n) is 4.33. The monoisotopic (exact) mass is 462 g/mol. The van der Waals surface area contributed by atoms with Gasteiger partial charge >= 0.3 is 12.0 Å². The molecule has 1 aliphatic carbocycles. The minimum atomic E-state index is -0.774. The van der Waals surface area contributed by atoms with Crippen LogP contribution in [-0.4, -0.2) is 72.9 Å². The summed E-state index contributed by atoms with van der Waals surface area (Å²) in [7, 11) is 0. The van der Waals surface area contributed by atoms with E-state index in [9.17, 15) is 14.7 Å². The number of aliphatic hydroxyl groups excluding tert-OH is 1. The van der Waals surface area contributed by atoms with Gasteiger partial charge in [0.1, 0.15) is 18.3 Å². The SMILES string of the molecule is CC(C)NC(=O)NCC1C[C@H]2O[C@H](CO)[C@@H](OC(=O)C3CC3)[C@H](OCc3ccccc3)[C@H]2O1. The summed E-state index contributed by atoms with van der Waals surface area (Å²) in [5, 5.41) is 15.6. The third-order valence-electron chi connectivity index (χ3n) is 6.11. The van der Waals surface area contributed by atoms with Crippen LogP contribution in [0.5, 0.6) is 0 Å². The number of amides is 2. The summed E-state index contributed by atoms with van der Waals surface area (Å²) in [6.45, 7) is 4.11. The smallest absolute Gasteiger partial charge is 0.315 e. The molecule has 0 aromatic heterocycles. The summed E-state index contributed by atoms with van der Waals surface area (Å²) in [5.41, 5.74) is 0.981. The largest absolute Gasteiger partial charge is 0.456 e. The molecule has 0 spiro atoms. The highest BCUT2D eigenvalue weighted by atomic mass is 16.6. The second kappa shape index (κ2) is 10.8. The average molecular weight is 463 g/mol. The highest BCUT2D eigenvalue weighted by Gasteiger charge is 2.54. The van der Waals surface area contributed by atoms with E-state index in [1.54, 1.807) is 0 Å². The van der Waals surface area contributed by atoms with Crippen LogP contribution in [-0.2, 0) is 30.3 Å². The van der Waals surface area contributed by atoms with Crippen molar-refractivity contribution in [2.24, 2.45) is 5.92 Å². The first-order valence-corrected chi connectivity index (χ1v) is 11.8. The second-order valence-corrected chi connectivity index (χ2v) is 9.30. The van der Waals surface area contributed by atoms with Crippen LogP contribution in [0.3, 0.4) is 0 Å². The van der Waals surface area contributed by atoms with Gasteiger partial charge in [-0.2, -0.15) is 0 Å². The third-order valence-corrected chi connectivity index (χ3v) is 6.11. The number of urea groups is 1. The number of hydrogen-bond donors (Lipinski definition) is 3. The zero-order chi connectivity index (χ0) is 23.4. The molecule has 33 heavy (non-hydrogen) atoms. The van der Waals surface area contributed by atoms with Crippen LogP contribution in [0.2, 0.25) is 0 Å². The molecule has 9 heteroatoms. The van der Waals surface area contributed by atoms with Crippen LogP contribution in [0.1, 0.15) is 38.7 Å². The van der Waals surface area contributed by atoms with Gasteiger partial charge in [-0.15, -0.1) is 0 Å². The van der Waals surface area contributed by atoms with Gasteiger partial charge in [-0.25, -0.2) is 4.79 Å². The Labute approximate surface area is 194 Å². The molecule has 182 valence electrons. The molecule has 2 heterocycles. The fourth-order valence-corrected chi connectivity index (χ4v) is 4.33. The molecule has 3 aliphatic rings. The van der Waals surface area contributed by atoms with Gasteiger partial charge < -0.3 is 34.7 Å². The highest BCUT2D eigenvalue weighted by molar-refractivity contribution is 5.75. The van der Waals surface area contributed by atoms with Crippen molar-refractivity contribution in [1.82, 2.24) is 10.6 Å². The van der Waals surface area contributed by atoms with Gasteiger partial charge in [0.2, 0.25) is 0 Å². The highest BCUT2D eigenvalue weighted by Crippen LogP contribution is 2.38. The van der Waals surface area contributed by atoms with Crippen molar-refractivity contribution in [3.05, 3.63) is 35.9 Å². The van der Waals surface area contributed by atoms with E-state index >= 15 is 0 Å². The van der Waals surface area contributed by atoms with Gasteiger partial charge in [-0.1, -0.05) is 30.3 Å².